The fourth-order valence-electron chi connectivity index (χ4n) is 1.33. The summed E-state index contributed by atoms with van der Waals surface area (Å²) in [5, 5.41) is 6.82. The lowest BCUT2D eigenvalue weighted by molar-refractivity contribution is -0.0487. The van der Waals surface area contributed by atoms with Crippen LogP contribution < -0.4 is 10.1 Å². The average molecular weight is 214 g/mol. The van der Waals surface area contributed by atoms with Crippen molar-refractivity contribution in [3.8, 4) is 5.75 Å². The molecule has 0 saturated carbocycles. The molecule has 0 aliphatic heterocycles. The van der Waals surface area contributed by atoms with E-state index >= 15 is 0 Å². The molecule has 0 aliphatic carbocycles. The number of halogens is 2. The van der Waals surface area contributed by atoms with Gasteiger partial charge in [-0.1, -0.05) is 11.2 Å². The van der Waals surface area contributed by atoms with Crippen molar-refractivity contribution in [1.29, 1.82) is 0 Å². The van der Waals surface area contributed by atoms with E-state index in [1.807, 2.05) is 0 Å². The van der Waals surface area contributed by atoms with Gasteiger partial charge in [-0.05, 0) is 12.1 Å². The third-order valence-electron chi connectivity index (χ3n) is 1.91. The second-order valence-electron chi connectivity index (χ2n) is 2.79. The maximum absolute atomic E-state index is 12.1. The van der Waals surface area contributed by atoms with Crippen LogP contribution in [0, 0.1) is 0 Å². The Kier molecular flexibility index (Phi) is 2.40. The summed E-state index contributed by atoms with van der Waals surface area (Å²) in [6.45, 7) is -2.87. The van der Waals surface area contributed by atoms with Gasteiger partial charge in [-0.2, -0.15) is 8.78 Å². The molecule has 4 nitrogen and oxygen atoms in total. The topological polar surface area (TPSA) is 47.3 Å². The van der Waals surface area contributed by atoms with Gasteiger partial charge in [0.05, 0.1) is 0 Å². The van der Waals surface area contributed by atoms with Crippen molar-refractivity contribution in [1.82, 2.24) is 5.16 Å². The minimum Gasteiger partial charge on any atom is -0.434 e. The molecule has 6 heteroatoms. The van der Waals surface area contributed by atoms with Crippen molar-refractivity contribution in [2.24, 2.45) is 0 Å². The molecule has 0 aliphatic rings. The molecule has 1 N–H and O–H groups in total. The summed E-state index contributed by atoms with van der Waals surface area (Å²) in [4.78, 5) is 0. The molecule has 0 atom stereocenters. The molecular weight excluding hydrogens is 206 g/mol. The molecule has 80 valence electrons. The van der Waals surface area contributed by atoms with E-state index in [-0.39, 0.29) is 5.75 Å². The number of benzene rings is 1. The van der Waals surface area contributed by atoms with Crippen LogP contribution >= 0.6 is 0 Å². The zero-order valence-corrected chi connectivity index (χ0v) is 7.83. The van der Waals surface area contributed by atoms with Crippen molar-refractivity contribution in [2.45, 2.75) is 6.61 Å². The SMILES string of the molecule is CNc1noc2cccc(OC(F)F)c12. The molecule has 1 aromatic heterocycles. The predicted molar refractivity (Wildman–Crippen MR) is 50.2 cm³/mol. The van der Waals surface area contributed by atoms with Crippen LogP contribution in [0.1, 0.15) is 0 Å². The van der Waals surface area contributed by atoms with Gasteiger partial charge in [0.25, 0.3) is 0 Å². The third kappa shape index (κ3) is 1.70. The summed E-state index contributed by atoms with van der Waals surface area (Å²) in [6.07, 6.45) is 0. The van der Waals surface area contributed by atoms with Gasteiger partial charge in [-0.3, -0.25) is 0 Å². The minimum absolute atomic E-state index is 0.0492. The molecule has 0 unspecified atom stereocenters. The number of fused-ring (bicyclic) bond motifs is 1. The molecule has 1 aromatic carbocycles. The summed E-state index contributed by atoms with van der Waals surface area (Å²) in [6, 6.07) is 4.62. The van der Waals surface area contributed by atoms with Crippen LogP contribution in [0.5, 0.6) is 5.75 Å². The molecule has 0 amide bonds. The van der Waals surface area contributed by atoms with Crippen molar-refractivity contribution in [3.05, 3.63) is 18.2 Å². The first-order chi connectivity index (χ1) is 7.22. The Morgan fingerprint density at radius 3 is 2.93 bits per heavy atom. The zero-order valence-electron chi connectivity index (χ0n) is 7.83. The van der Waals surface area contributed by atoms with Gasteiger partial charge in [0, 0.05) is 7.05 Å². The first-order valence-electron chi connectivity index (χ1n) is 4.23. The van der Waals surface area contributed by atoms with Crippen molar-refractivity contribution in [3.63, 3.8) is 0 Å². The number of hydrogen-bond acceptors (Lipinski definition) is 4. The summed E-state index contributed by atoms with van der Waals surface area (Å²) >= 11 is 0. The fourth-order valence-corrected chi connectivity index (χ4v) is 1.33. The summed E-state index contributed by atoms with van der Waals surface area (Å²) in [7, 11) is 1.62. The van der Waals surface area contributed by atoms with Crippen LogP contribution in [0.2, 0.25) is 0 Å². The molecule has 15 heavy (non-hydrogen) atoms. The fraction of sp³-hybridized carbons (Fsp3) is 0.222. The van der Waals surface area contributed by atoms with E-state index < -0.39 is 6.61 Å². The van der Waals surface area contributed by atoms with Gasteiger partial charge in [0.2, 0.25) is 0 Å². The predicted octanol–water partition coefficient (Wildman–Crippen LogP) is 2.47. The van der Waals surface area contributed by atoms with E-state index in [4.69, 9.17) is 4.52 Å². The highest BCUT2D eigenvalue weighted by Gasteiger charge is 2.15. The number of ether oxygens (including phenoxy) is 1. The highest BCUT2D eigenvalue weighted by Crippen LogP contribution is 2.32. The van der Waals surface area contributed by atoms with E-state index in [9.17, 15) is 8.78 Å². The Morgan fingerprint density at radius 1 is 1.47 bits per heavy atom. The number of rotatable bonds is 3. The normalized spacial score (nSPS) is 10.9. The van der Waals surface area contributed by atoms with E-state index in [0.29, 0.717) is 16.8 Å². The molecule has 0 saturated heterocycles. The Labute approximate surface area is 83.8 Å². The number of aromatic nitrogens is 1. The standard InChI is InChI=1S/C9H8F2N2O2/c1-12-8-7-5(14-9(10)11)3-2-4-6(7)15-13-8/h2-4,9H,1H3,(H,12,13). The third-order valence-corrected chi connectivity index (χ3v) is 1.91. The second-order valence-corrected chi connectivity index (χ2v) is 2.79. The molecule has 0 spiro atoms. The van der Waals surface area contributed by atoms with Gasteiger partial charge in [-0.25, -0.2) is 0 Å². The summed E-state index contributed by atoms with van der Waals surface area (Å²) in [5.41, 5.74) is 0.400. The lowest BCUT2D eigenvalue weighted by Crippen LogP contribution is -2.02. The lowest BCUT2D eigenvalue weighted by atomic mass is 10.2. The van der Waals surface area contributed by atoms with E-state index in [0.717, 1.165) is 0 Å². The Bertz CT molecular complexity index is 470. The van der Waals surface area contributed by atoms with E-state index in [1.54, 1.807) is 19.2 Å². The van der Waals surface area contributed by atoms with Crippen LogP contribution in [0.15, 0.2) is 22.7 Å². The zero-order chi connectivity index (χ0) is 10.8. The number of nitrogens with zero attached hydrogens (tertiary/aromatic N) is 1. The van der Waals surface area contributed by atoms with E-state index in [2.05, 4.69) is 15.2 Å². The molecule has 2 rings (SSSR count). The van der Waals surface area contributed by atoms with Crippen LogP contribution in [0.25, 0.3) is 11.0 Å². The molecule has 0 bridgehead atoms. The second kappa shape index (κ2) is 3.72. The molecular formula is C9H8F2N2O2. The first-order valence-corrected chi connectivity index (χ1v) is 4.23. The maximum atomic E-state index is 12.1. The Hall–Kier alpha value is -1.85. The van der Waals surface area contributed by atoms with Crippen LogP contribution in [0.4, 0.5) is 14.6 Å². The number of alkyl halides is 2. The molecule has 0 radical (unpaired) electrons. The van der Waals surface area contributed by atoms with Crippen LogP contribution in [0.3, 0.4) is 0 Å². The lowest BCUT2D eigenvalue weighted by Gasteiger charge is -2.05. The van der Waals surface area contributed by atoms with Gasteiger partial charge in [0.15, 0.2) is 11.4 Å². The van der Waals surface area contributed by atoms with Crippen molar-refractivity contribution in [2.75, 3.05) is 12.4 Å². The van der Waals surface area contributed by atoms with Gasteiger partial charge in [-0.15, -0.1) is 0 Å². The van der Waals surface area contributed by atoms with Gasteiger partial charge >= 0.3 is 6.61 Å². The van der Waals surface area contributed by atoms with Crippen molar-refractivity contribution >= 4 is 16.8 Å². The number of nitrogens with one attached hydrogen (secondary N) is 1. The Morgan fingerprint density at radius 2 is 2.27 bits per heavy atom. The largest absolute Gasteiger partial charge is 0.434 e. The van der Waals surface area contributed by atoms with Crippen LogP contribution in [-0.2, 0) is 0 Å². The average Bonchev–Trinajstić information content (AvgIpc) is 2.61. The van der Waals surface area contributed by atoms with Crippen LogP contribution in [-0.4, -0.2) is 18.8 Å². The summed E-state index contributed by atoms with van der Waals surface area (Å²) in [5.74, 6) is 0.425. The number of hydrogen-bond donors (Lipinski definition) is 1. The first kappa shape index (κ1) is 9.70. The molecule has 0 fully saturated rings. The monoisotopic (exact) mass is 214 g/mol. The number of anilines is 1. The van der Waals surface area contributed by atoms with E-state index in [1.165, 1.54) is 6.07 Å². The molecule has 2 aromatic rings. The highest BCUT2D eigenvalue weighted by atomic mass is 19.3. The van der Waals surface area contributed by atoms with Crippen molar-refractivity contribution < 1.29 is 18.0 Å². The summed E-state index contributed by atoms with van der Waals surface area (Å²) < 4.78 is 33.5. The molecule has 1 heterocycles. The minimum atomic E-state index is -2.87. The maximum Gasteiger partial charge on any atom is 0.387 e. The Balaban J connectivity index is 2.56. The van der Waals surface area contributed by atoms with Gasteiger partial charge in [0.1, 0.15) is 11.1 Å². The smallest absolute Gasteiger partial charge is 0.387 e. The van der Waals surface area contributed by atoms with Gasteiger partial charge < -0.3 is 14.6 Å². The highest BCUT2D eigenvalue weighted by molar-refractivity contribution is 5.93. The quantitative estimate of drug-likeness (QED) is 0.852.